The molecule has 0 aliphatic carbocycles. The van der Waals surface area contributed by atoms with Gasteiger partial charge in [-0.05, 0) is 32.3 Å². The van der Waals surface area contributed by atoms with Gasteiger partial charge in [0.2, 0.25) is 0 Å². The van der Waals surface area contributed by atoms with Crippen molar-refractivity contribution in [3.8, 4) is 16.9 Å². The highest BCUT2D eigenvalue weighted by Gasteiger charge is 2.20. The maximum absolute atomic E-state index is 12.8. The maximum atomic E-state index is 12.8. The lowest BCUT2D eigenvalue weighted by atomic mass is 10.1. The number of hydrogen-bond acceptors (Lipinski definition) is 5. The summed E-state index contributed by atoms with van der Waals surface area (Å²) in [6, 6.07) is 14.8. The number of carbonyl (C=O) groups is 1. The second-order valence-corrected chi connectivity index (χ2v) is 7.05. The second kappa shape index (κ2) is 8.85. The lowest BCUT2D eigenvalue weighted by Crippen LogP contribution is -2.32. The Bertz CT molecular complexity index is 1050. The van der Waals surface area contributed by atoms with Crippen LogP contribution >= 0.6 is 11.6 Å². The minimum absolute atomic E-state index is 0.0868. The lowest BCUT2D eigenvalue weighted by Gasteiger charge is -2.11. The average molecular weight is 414 g/mol. The van der Waals surface area contributed by atoms with Gasteiger partial charge in [0.25, 0.3) is 11.6 Å². The molecule has 0 fully saturated rings. The number of rotatable bonds is 7. The molecule has 0 unspecified atom stereocenters. The minimum Gasteiger partial charge on any atom is -0.349 e. The van der Waals surface area contributed by atoms with Crippen LogP contribution in [0.1, 0.15) is 10.5 Å². The van der Waals surface area contributed by atoms with E-state index in [9.17, 15) is 14.9 Å². The first-order valence-corrected chi connectivity index (χ1v) is 9.27. The number of benzene rings is 2. The molecule has 1 N–H and O–H groups in total. The zero-order valence-corrected chi connectivity index (χ0v) is 16.8. The van der Waals surface area contributed by atoms with Crippen LogP contribution < -0.4 is 5.32 Å². The number of likely N-dealkylation sites (N-methyl/N-ethyl adjacent to an activating group) is 1. The highest BCUT2D eigenvalue weighted by Crippen LogP contribution is 2.28. The van der Waals surface area contributed by atoms with Gasteiger partial charge in [0, 0.05) is 30.8 Å². The average Bonchev–Trinajstić information content (AvgIpc) is 3.13. The van der Waals surface area contributed by atoms with E-state index in [1.807, 2.05) is 25.1 Å². The Kier molecular flexibility index (Phi) is 6.26. The summed E-state index contributed by atoms with van der Waals surface area (Å²) in [6.45, 7) is 1.13. The summed E-state index contributed by atoms with van der Waals surface area (Å²) in [7, 11) is 3.82. The number of nitrogens with zero attached hydrogens (tertiary/aromatic N) is 4. The molecule has 0 bridgehead atoms. The van der Waals surface area contributed by atoms with E-state index in [2.05, 4.69) is 10.4 Å². The molecular formula is C20H20ClN5O3. The van der Waals surface area contributed by atoms with Crippen LogP contribution in [0.15, 0.2) is 54.6 Å². The summed E-state index contributed by atoms with van der Waals surface area (Å²) in [5.41, 5.74) is 1.76. The van der Waals surface area contributed by atoms with Crippen molar-refractivity contribution in [2.45, 2.75) is 0 Å². The number of carbonyl (C=O) groups excluding carboxylic acids is 1. The molecule has 0 radical (unpaired) electrons. The van der Waals surface area contributed by atoms with Gasteiger partial charge in [-0.15, -0.1) is 0 Å². The highest BCUT2D eigenvalue weighted by atomic mass is 35.5. The topological polar surface area (TPSA) is 93.3 Å². The molecule has 3 rings (SSSR count). The van der Waals surface area contributed by atoms with Crippen LogP contribution in [0.5, 0.6) is 0 Å². The fourth-order valence-corrected chi connectivity index (χ4v) is 2.99. The van der Waals surface area contributed by atoms with Crippen molar-refractivity contribution in [3.63, 3.8) is 0 Å². The number of hydrogen-bond donors (Lipinski definition) is 1. The van der Waals surface area contributed by atoms with Crippen LogP contribution in [0.25, 0.3) is 16.9 Å². The van der Waals surface area contributed by atoms with Crippen LogP contribution in [0.4, 0.5) is 5.69 Å². The molecule has 0 spiro atoms. The predicted molar refractivity (Wildman–Crippen MR) is 112 cm³/mol. The molecule has 8 nitrogen and oxygen atoms in total. The van der Waals surface area contributed by atoms with Crippen molar-refractivity contribution < 1.29 is 9.72 Å². The van der Waals surface area contributed by atoms with Gasteiger partial charge in [0.05, 0.1) is 21.3 Å². The zero-order chi connectivity index (χ0) is 21.0. The van der Waals surface area contributed by atoms with Gasteiger partial charge in [0.1, 0.15) is 5.69 Å². The molecule has 0 aliphatic heterocycles. The Labute approximate surface area is 172 Å². The van der Waals surface area contributed by atoms with E-state index in [1.165, 1.54) is 16.8 Å². The summed E-state index contributed by atoms with van der Waals surface area (Å²) in [6.07, 6.45) is 0. The molecule has 1 heterocycles. The third-order valence-electron chi connectivity index (χ3n) is 4.22. The van der Waals surface area contributed by atoms with E-state index >= 15 is 0 Å². The van der Waals surface area contributed by atoms with E-state index in [1.54, 1.807) is 36.4 Å². The van der Waals surface area contributed by atoms with Crippen LogP contribution in [0.2, 0.25) is 5.02 Å². The molecule has 3 aromatic rings. The van der Waals surface area contributed by atoms with Gasteiger partial charge >= 0.3 is 0 Å². The quantitative estimate of drug-likeness (QED) is 0.473. The molecule has 150 valence electrons. The normalized spacial score (nSPS) is 10.9. The van der Waals surface area contributed by atoms with E-state index in [4.69, 9.17) is 11.6 Å². The molecule has 0 saturated heterocycles. The van der Waals surface area contributed by atoms with E-state index in [0.717, 1.165) is 0 Å². The summed E-state index contributed by atoms with van der Waals surface area (Å²) in [4.78, 5) is 25.4. The van der Waals surface area contributed by atoms with Crippen LogP contribution in [0.3, 0.4) is 0 Å². The SMILES string of the molecule is CN(C)CCNC(=O)c1cc(-c2ccccc2Cl)nn1-c1cccc([N+](=O)[O-])c1. The largest absolute Gasteiger partial charge is 0.349 e. The molecule has 0 atom stereocenters. The first-order valence-electron chi connectivity index (χ1n) is 8.89. The Balaban J connectivity index is 2.05. The van der Waals surface area contributed by atoms with Crippen molar-refractivity contribution in [1.29, 1.82) is 0 Å². The molecule has 0 aliphatic rings. The summed E-state index contributed by atoms with van der Waals surface area (Å²) < 4.78 is 1.40. The number of amides is 1. The van der Waals surface area contributed by atoms with Crippen LogP contribution in [0, 0.1) is 10.1 Å². The summed E-state index contributed by atoms with van der Waals surface area (Å²) in [5, 5.41) is 19.0. The molecule has 0 saturated carbocycles. The predicted octanol–water partition coefficient (Wildman–Crippen LogP) is 3.39. The van der Waals surface area contributed by atoms with E-state index in [0.29, 0.717) is 35.1 Å². The first-order chi connectivity index (χ1) is 13.9. The standard InChI is InChI=1S/C20H20ClN5O3/c1-24(2)11-10-22-20(27)19-13-18(16-8-3-4-9-17(16)21)23-25(19)14-6-5-7-15(12-14)26(28)29/h3-9,12-13H,10-11H2,1-2H3,(H,22,27). The van der Waals surface area contributed by atoms with Crippen molar-refractivity contribution in [2.75, 3.05) is 27.2 Å². The van der Waals surface area contributed by atoms with Crippen LogP contribution in [-0.4, -0.2) is 52.7 Å². The second-order valence-electron chi connectivity index (χ2n) is 6.64. The van der Waals surface area contributed by atoms with Crippen molar-refractivity contribution in [2.24, 2.45) is 0 Å². The molecule has 2 aromatic carbocycles. The first kappa shape index (κ1) is 20.5. The number of nitrogens with one attached hydrogen (secondary N) is 1. The highest BCUT2D eigenvalue weighted by molar-refractivity contribution is 6.33. The van der Waals surface area contributed by atoms with E-state index < -0.39 is 4.92 Å². The van der Waals surface area contributed by atoms with E-state index in [-0.39, 0.29) is 17.3 Å². The zero-order valence-electron chi connectivity index (χ0n) is 16.0. The minimum atomic E-state index is -0.487. The molecule has 1 aromatic heterocycles. The Morgan fingerprint density at radius 3 is 2.66 bits per heavy atom. The van der Waals surface area contributed by atoms with Crippen molar-refractivity contribution in [1.82, 2.24) is 20.0 Å². The molecule has 9 heteroatoms. The smallest absolute Gasteiger partial charge is 0.271 e. The van der Waals surface area contributed by atoms with Gasteiger partial charge in [-0.1, -0.05) is 35.9 Å². The number of aromatic nitrogens is 2. The van der Waals surface area contributed by atoms with Gasteiger partial charge in [-0.2, -0.15) is 5.10 Å². The molecule has 29 heavy (non-hydrogen) atoms. The van der Waals surface area contributed by atoms with Gasteiger partial charge in [-0.25, -0.2) is 4.68 Å². The number of nitro benzene ring substituents is 1. The Hall–Kier alpha value is -3.23. The fraction of sp³-hybridized carbons (Fsp3) is 0.200. The Morgan fingerprint density at radius 1 is 1.21 bits per heavy atom. The number of halogens is 1. The third kappa shape index (κ3) is 4.79. The van der Waals surface area contributed by atoms with Crippen LogP contribution in [-0.2, 0) is 0 Å². The molecule has 1 amide bonds. The van der Waals surface area contributed by atoms with Gasteiger partial charge in [-0.3, -0.25) is 14.9 Å². The maximum Gasteiger partial charge on any atom is 0.271 e. The van der Waals surface area contributed by atoms with Crippen molar-refractivity contribution >= 4 is 23.2 Å². The lowest BCUT2D eigenvalue weighted by molar-refractivity contribution is -0.384. The number of nitro groups is 1. The van der Waals surface area contributed by atoms with Crippen molar-refractivity contribution in [3.05, 3.63) is 75.4 Å². The Morgan fingerprint density at radius 2 is 1.97 bits per heavy atom. The fourth-order valence-electron chi connectivity index (χ4n) is 2.76. The number of non-ortho nitro benzene ring substituents is 1. The van der Waals surface area contributed by atoms with Gasteiger partial charge in [0.15, 0.2) is 0 Å². The monoisotopic (exact) mass is 413 g/mol. The molecular weight excluding hydrogens is 394 g/mol. The van der Waals surface area contributed by atoms with Gasteiger partial charge < -0.3 is 10.2 Å². The summed E-state index contributed by atoms with van der Waals surface area (Å²) in [5.74, 6) is -0.329. The third-order valence-corrected chi connectivity index (χ3v) is 4.55. The summed E-state index contributed by atoms with van der Waals surface area (Å²) >= 11 is 6.29.